The van der Waals surface area contributed by atoms with Crippen molar-refractivity contribution >= 4 is 22.7 Å². The van der Waals surface area contributed by atoms with Gasteiger partial charge in [-0.15, -0.1) is 0 Å². The normalized spacial score (nSPS) is 23.0. The maximum Gasteiger partial charge on any atom is 0.253 e. The predicted molar refractivity (Wildman–Crippen MR) is 104 cm³/mol. The summed E-state index contributed by atoms with van der Waals surface area (Å²) >= 11 is 0. The Labute approximate surface area is 159 Å². The summed E-state index contributed by atoms with van der Waals surface area (Å²) in [5, 5.41) is 1.13. The second kappa shape index (κ2) is 7.00. The molecule has 6 heteroatoms. The van der Waals surface area contributed by atoms with Crippen LogP contribution >= 0.6 is 0 Å². The molecule has 1 aromatic carbocycles. The number of ether oxygens (including phenoxy) is 1. The Bertz CT molecular complexity index is 875. The first-order valence-corrected chi connectivity index (χ1v) is 9.67. The number of benzene rings is 1. The summed E-state index contributed by atoms with van der Waals surface area (Å²) in [6, 6.07) is 7.88. The van der Waals surface area contributed by atoms with Crippen molar-refractivity contribution < 1.29 is 14.3 Å². The number of carbonyl (C=O) groups excluding carboxylic acids is 2. The number of piperidine rings is 1. The Balaban J connectivity index is 1.51. The molecule has 2 aliphatic heterocycles. The van der Waals surface area contributed by atoms with Crippen molar-refractivity contribution in [2.75, 3.05) is 39.9 Å². The van der Waals surface area contributed by atoms with Gasteiger partial charge in [-0.05, 0) is 42.8 Å². The minimum Gasteiger partial charge on any atom is -0.383 e. The van der Waals surface area contributed by atoms with Gasteiger partial charge in [-0.25, -0.2) is 0 Å². The molecule has 6 nitrogen and oxygen atoms in total. The average molecular weight is 369 g/mol. The minimum atomic E-state index is -0.406. The summed E-state index contributed by atoms with van der Waals surface area (Å²) in [5.74, 6) is 0.218. The van der Waals surface area contributed by atoms with Crippen LogP contribution in [0.3, 0.4) is 0 Å². The summed E-state index contributed by atoms with van der Waals surface area (Å²) in [4.78, 5) is 29.9. The Morgan fingerprint density at radius 3 is 2.89 bits per heavy atom. The topological polar surface area (TPSA) is 54.8 Å². The third-order valence-corrected chi connectivity index (χ3v) is 6.17. The van der Waals surface area contributed by atoms with Gasteiger partial charge in [0.1, 0.15) is 0 Å². The lowest BCUT2D eigenvalue weighted by atomic mass is 9.78. The lowest BCUT2D eigenvalue weighted by Crippen LogP contribution is -2.51. The number of nitrogens with zero attached hydrogens (tertiary/aromatic N) is 3. The average Bonchev–Trinajstić information content (AvgIpc) is 3.27. The van der Waals surface area contributed by atoms with Crippen LogP contribution in [0.1, 0.15) is 29.6 Å². The van der Waals surface area contributed by atoms with Gasteiger partial charge in [-0.1, -0.05) is 6.07 Å². The molecule has 2 aliphatic rings. The highest BCUT2D eigenvalue weighted by molar-refractivity contribution is 5.99. The van der Waals surface area contributed by atoms with E-state index in [1.165, 1.54) is 0 Å². The van der Waals surface area contributed by atoms with E-state index in [0.717, 1.165) is 36.7 Å². The van der Waals surface area contributed by atoms with Gasteiger partial charge in [0, 0.05) is 57.6 Å². The van der Waals surface area contributed by atoms with Crippen molar-refractivity contribution in [2.24, 2.45) is 12.5 Å². The number of hydrogen-bond acceptors (Lipinski definition) is 3. The fraction of sp³-hybridized carbons (Fsp3) is 0.524. The van der Waals surface area contributed by atoms with Crippen LogP contribution < -0.4 is 0 Å². The zero-order valence-electron chi connectivity index (χ0n) is 16.1. The van der Waals surface area contributed by atoms with E-state index in [-0.39, 0.29) is 11.8 Å². The number of amides is 2. The van der Waals surface area contributed by atoms with Crippen LogP contribution in [-0.4, -0.2) is 66.1 Å². The number of fused-ring (bicyclic) bond motifs is 1. The zero-order valence-corrected chi connectivity index (χ0v) is 16.1. The number of hydrogen-bond donors (Lipinski definition) is 0. The van der Waals surface area contributed by atoms with E-state index in [1.807, 2.05) is 51.9 Å². The van der Waals surface area contributed by atoms with Crippen molar-refractivity contribution in [2.45, 2.75) is 19.3 Å². The van der Waals surface area contributed by atoms with E-state index in [2.05, 4.69) is 0 Å². The van der Waals surface area contributed by atoms with E-state index in [4.69, 9.17) is 4.74 Å². The Hall–Kier alpha value is -2.34. The van der Waals surface area contributed by atoms with Crippen LogP contribution in [0.5, 0.6) is 0 Å². The van der Waals surface area contributed by atoms with Gasteiger partial charge in [-0.2, -0.15) is 0 Å². The Morgan fingerprint density at radius 1 is 1.22 bits per heavy atom. The molecule has 1 spiro atoms. The first-order valence-electron chi connectivity index (χ1n) is 9.67. The van der Waals surface area contributed by atoms with E-state index in [0.29, 0.717) is 31.8 Å². The van der Waals surface area contributed by atoms with Crippen molar-refractivity contribution in [1.82, 2.24) is 14.4 Å². The molecule has 0 bridgehead atoms. The zero-order chi connectivity index (χ0) is 19.0. The van der Waals surface area contributed by atoms with Gasteiger partial charge >= 0.3 is 0 Å². The fourth-order valence-corrected chi connectivity index (χ4v) is 4.57. The second-order valence-electron chi connectivity index (χ2n) is 7.85. The van der Waals surface area contributed by atoms with E-state index < -0.39 is 5.41 Å². The fourth-order valence-electron chi connectivity index (χ4n) is 4.57. The van der Waals surface area contributed by atoms with Crippen LogP contribution in [0.15, 0.2) is 30.5 Å². The maximum atomic E-state index is 13.1. The molecule has 0 aliphatic carbocycles. The lowest BCUT2D eigenvalue weighted by Gasteiger charge is -2.39. The van der Waals surface area contributed by atoms with E-state index >= 15 is 0 Å². The van der Waals surface area contributed by atoms with Crippen molar-refractivity contribution in [1.29, 1.82) is 0 Å². The van der Waals surface area contributed by atoms with Crippen LogP contribution in [0.25, 0.3) is 10.9 Å². The molecule has 0 N–H and O–H groups in total. The van der Waals surface area contributed by atoms with Crippen molar-refractivity contribution in [3.8, 4) is 0 Å². The van der Waals surface area contributed by atoms with Crippen molar-refractivity contribution in [3.05, 3.63) is 36.0 Å². The molecule has 4 rings (SSSR count). The van der Waals surface area contributed by atoms with Gasteiger partial charge in [0.05, 0.1) is 12.0 Å². The molecule has 144 valence electrons. The van der Waals surface area contributed by atoms with Crippen LogP contribution in [0.2, 0.25) is 0 Å². The Kier molecular flexibility index (Phi) is 4.68. The number of aryl methyl sites for hydroxylation is 1. The van der Waals surface area contributed by atoms with Gasteiger partial charge in [0.2, 0.25) is 5.91 Å². The first kappa shape index (κ1) is 18.0. The largest absolute Gasteiger partial charge is 0.383 e. The molecule has 2 saturated heterocycles. The lowest BCUT2D eigenvalue weighted by molar-refractivity contribution is -0.146. The highest BCUT2D eigenvalue weighted by Gasteiger charge is 2.49. The molecule has 3 heterocycles. The molecule has 1 aromatic heterocycles. The van der Waals surface area contributed by atoms with Crippen LogP contribution in [0, 0.1) is 5.41 Å². The van der Waals surface area contributed by atoms with Crippen LogP contribution in [-0.2, 0) is 16.6 Å². The number of rotatable bonds is 4. The predicted octanol–water partition coefficient (Wildman–Crippen LogP) is 2.28. The highest BCUT2D eigenvalue weighted by atomic mass is 16.5. The molecule has 2 fully saturated rings. The molecule has 2 aromatic rings. The molecular formula is C21H27N3O3. The smallest absolute Gasteiger partial charge is 0.253 e. The van der Waals surface area contributed by atoms with E-state index in [9.17, 15) is 9.59 Å². The maximum absolute atomic E-state index is 13.1. The number of carbonyl (C=O) groups is 2. The van der Waals surface area contributed by atoms with Crippen LogP contribution in [0.4, 0.5) is 0 Å². The highest BCUT2D eigenvalue weighted by Crippen LogP contribution is 2.40. The van der Waals surface area contributed by atoms with Gasteiger partial charge in [-0.3, -0.25) is 9.59 Å². The van der Waals surface area contributed by atoms with Gasteiger partial charge in [0.25, 0.3) is 5.91 Å². The number of methoxy groups -OCH3 is 1. The summed E-state index contributed by atoms with van der Waals surface area (Å²) in [6.07, 6.45) is 4.62. The third-order valence-electron chi connectivity index (χ3n) is 6.17. The number of aromatic nitrogens is 1. The standard InChI is InChI=1S/C21H27N3O3/c1-22-10-6-16-4-5-17(14-18(16)22)19(25)24-11-8-21(15-24)7-3-9-23(20(21)26)12-13-27-2/h4-6,10,14H,3,7-9,11-13,15H2,1-2H3. The third kappa shape index (κ3) is 3.12. The summed E-state index contributed by atoms with van der Waals surface area (Å²) in [5.41, 5.74) is 1.34. The molecule has 1 atom stereocenters. The monoisotopic (exact) mass is 369 g/mol. The number of likely N-dealkylation sites (tertiary alicyclic amines) is 2. The molecule has 0 radical (unpaired) electrons. The molecule has 0 saturated carbocycles. The molecule has 2 amide bonds. The summed E-state index contributed by atoms with van der Waals surface area (Å²) < 4.78 is 7.16. The van der Waals surface area contributed by atoms with Gasteiger partial charge < -0.3 is 19.1 Å². The van der Waals surface area contributed by atoms with E-state index in [1.54, 1.807) is 7.11 Å². The molecular weight excluding hydrogens is 342 g/mol. The molecule has 27 heavy (non-hydrogen) atoms. The quantitative estimate of drug-likeness (QED) is 0.831. The minimum absolute atomic E-state index is 0.0248. The first-order chi connectivity index (χ1) is 13.0. The molecule has 1 unspecified atom stereocenters. The van der Waals surface area contributed by atoms with Crippen molar-refractivity contribution in [3.63, 3.8) is 0 Å². The Morgan fingerprint density at radius 2 is 2.07 bits per heavy atom. The summed E-state index contributed by atoms with van der Waals surface area (Å²) in [7, 11) is 3.64. The summed E-state index contributed by atoms with van der Waals surface area (Å²) in [6.45, 7) is 3.16. The SMILES string of the molecule is COCCN1CCCC2(CCN(C(=O)c3ccc4ccn(C)c4c3)C2)C1=O. The second-order valence-corrected chi connectivity index (χ2v) is 7.85. The van der Waals surface area contributed by atoms with Gasteiger partial charge in [0.15, 0.2) is 0 Å².